The van der Waals surface area contributed by atoms with E-state index in [1.165, 1.54) is 42.9 Å². The van der Waals surface area contributed by atoms with E-state index in [0.717, 1.165) is 44.7 Å². The van der Waals surface area contributed by atoms with Crippen molar-refractivity contribution in [3.05, 3.63) is 455 Å². The van der Waals surface area contributed by atoms with Gasteiger partial charge in [-0.3, -0.25) is 38.9 Å². The van der Waals surface area contributed by atoms with E-state index in [0.29, 0.717) is 134 Å². The second-order valence-electron chi connectivity index (χ2n) is 34.0. The molecule has 0 aliphatic carbocycles. The Morgan fingerprint density at radius 2 is 0.673 bits per heavy atom. The van der Waals surface area contributed by atoms with Crippen molar-refractivity contribution in [3.63, 3.8) is 0 Å². The van der Waals surface area contributed by atoms with Crippen molar-refractivity contribution in [2.24, 2.45) is 14.1 Å². The van der Waals surface area contributed by atoms with Gasteiger partial charge in [-0.1, -0.05) is 211 Å². The summed E-state index contributed by atoms with van der Waals surface area (Å²) >= 11 is 12.8. The van der Waals surface area contributed by atoms with Gasteiger partial charge in [0.15, 0.2) is 27.1 Å². The number of nitrogen functional groups attached to an aromatic ring is 5. The highest BCUT2D eigenvalue weighted by atomic mass is 35.5. The molecule has 0 bridgehead atoms. The van der Waals surface area contributed by atoms with Gasteiger partial charge in [0, 0.05) is 130 Å². The van der Waals surface area contributed by atoms with E-state index in [2.05, 4.69) is 101 Å². The molecule has 0 radical (unpaired) electrons. The number of aromatic nitrogens is 12. The number of anilines is 10. The first-order chi connectivity index (χ1) is 72.5. The molecule has 0 saturated heterocycles. The quantitative estimate of drug-likeness (QED) is 0.0315. The van der Waals surface area contributed by atoms with Crippen molar-refractivity contribution < 1.29 is 8.78 Å². The number of rotatable bonds is 20. The Kier molecular flexibility index (Phi) is 31.2. The molecule has 20 aromatic rings. The minimum Gasteiger partial charge on any atom is -0.407 e. The van der Waals surface area contributed by atoms with Crippen LogP contribution >= 0.6 is 23.2 Å². The zero-order valence-electron chi connectivity index (χ0n) is 81.1. The average Bonchev–Trinajstić information content (AvgIpc) is 0.736. The first-order valence-corrected chi connectivity index (χ1v) is 47.1. The van der Waals surface area contributed by atoms with Crippen LogP contribution in [0.5, 0.6) is 0 Å². The highest BCUT2D eigenvalue weighted by molar-refractivity contribution is 6.35. The lowest BCUT2D eigenvalue weighted by Gasteiger charge is -2.23. The second kappa shape index (κ2) is 45.6. The van der Waals surface area contributed by atoms with Crippen LogP contribution in [0, 0.1) is 58.3 Å². The number of hydrogen-bond donors (Lipinski definition) is 13. The van der Waals surface area contributed by atoms with Gasteiger partial charge in [-0.15, -0.1) is 0 Å². The Hall–Kier alpha value is -20.2. The lowest BCUT2D eigenvalue weighted by molar-refractivity contribution is 0.630. The van der Waals surface area contributed by atoms with Crippen LogP contribution in [0.4, 0.5) is 95.0 Å². The standard InChI is InChI=1S/C24H20ClN5O.C24H20FN5O.C22H17ClN6O.C22H16FN5O.C22H18N6O/c2*1-14(29-24-20(27-2)18(26)12-13-28-24)19-21(15-8-5-4-6-9-15)30(3)22-16(23(19)31)10-7-11-17(22)25;1-12-27-21(24)19(25-2)22(28-12)26-11-15-17(13-7-4-3-5-8-13)29-18-14(20(15)30)9-6-10-16(18)23;1-25-20-17(24)10-11-26-22(20)27-12-15-18(13-6-3-2-4-7-13)28-19-14(21(15)29)8-5-9-16(19)23;1-13-26-21(23)19(24-2)22(27-13)25-12-16-18(14-8-4-3-5-9-14)28-17-11-7-6-10-15(17)20(16)29/h2*4-14H,1,3H3,(H3,26,28,29);3-10H,11H2,1H3,(H,29,30)(H3,24,26,27,28);2-11H,12H2,(H,28,29)(H3,24,26,27);3-11H,12H2,1H3,(H,28,29)(H3,23,25,26,27). The summed E-state index contributed by atoms with van der Waals surface area (Å²) in [5, 5.41) is 18.8. The molecule has 0 fully saturated rings. The van der Waals surface area contributed by atoms with Gasteiger partial charge in [0.05, 0.1) is 106 Å². The monoisotopic (exact) mass is 2030 g/mol. The third kappa shape index (κ3) is 21.4. The molecule has 18 N–H and O–H groups in total. The first-order valence-electron chi connectivity index (χ1n) is 46.4. The zero-order valence-corrected chi connectivity index (χ0v) is 82.6. The Morgan fingerprint density at radius 1 is 0.347 bits per heavy atom. The van der Waals surface area contributed by atoms with Crippen LogP contribution in [0.2, 0.25) is 10.0 Å². The SMILES string of the molecule is [C-]#[N+]c1c(N)ccnc1NC(C)c1c(-c2ccccc2)n(C)c2c(Cl)cccc2c1=O.[C-]#[N+]c1c(N)ccnc1NC(C)c1c(-c2ccccc2)n(C)c2c(F)cccc2c1=O.[C-]#[N+]c1c(N)ccnc1NCc1c(-c2ccccc2)[nH]c2c(F)cccc2c1=O.[C-]#[N+]c1c(N)nc(C)nc1NCc1c(-c2ccccc2)[nH]c2c(Cl)cccc2c1=O.[C-]#[N+]c1c(N)nc(C)nc1NCc1c(-c2ccccc2)[nH]c2ccccc2c1=O. The van der Waals surface area contributed by atoms with Crippen LogP contribution in [-0.4, -0.2) is 59.0 Å². The van der Waals surface area contributed by atoms with E-state index in [-0.39, 0.29) is 114 Å². The minimum atomic E-state index is -0.531. The third-order valence-electron chi connectivity index (χ3n) is 24.6. The number of nitrogens with zero attached hydrogens (tertiary/aromatic N) is 14. The lowest BCUT2D eigenvalue weighted by Crippen LogP contribution is -2.23. The number of H-pyrrole nitrogens is 3. The highest BCUT2D eigenvalue weighted by Crippen LogP contribution is 2.42. The van der Waals surface area contributed by atoms with Gasteiger partial charge < -0.3 is 79.3 Å². The molecular weight excluding hydrogens is 1940 g/mol. The van der Waals surface area contributed by atoms with Gasteiger partial charge in [-0.2, -0.15) is 0 Å². The van der Waals surface area contributed by atoms with Crippen LogP contribution < -0.4 is 82.4 Å². The fraction of sp³-hybridized carbons (Fsp3) is 0.0965. The second-order valence-corrected chi connectivity index (χ2v) is 34.9. The van der Waals surface area contributed by atoms with Crippen molar-refractivity contribution in [2.45, 2.75) is 59.4 Å². The maximum atomic E-state index is 14.7. The van der Waals surface area contributed by atoms with Crippen LogP contribution in [0.3, 0.4) is 0 Å². The van der Waals surface area contributed by atoms with Gasteiger partial charge in [-0.25, -0.2) is 52.9 Å². The lowest BCUT2D eigenvalue weighted by atomic mass is 9.97. The zero-order chi connectivity index (χ0) is 106. The molecule has 0 spiro atoms. The molecule has 10 aromatic heterocycles. The van der Waals surface area contributed by atoms with Crippen LogP contribution in [0.15, 0.2) is 309 Å². The number of pyridine rings is 8. The summed E-state index contributed by atoms with van der Waals surface area (Å²) < 4.78 is 32.7. The normalized spacial score (nSPS) is 11.1. The van der Waals surface area contributed by atoms with E-state index in [1.807, 2.05) is 195 Å². The van der Waals surface area contributed by atoms with Gasteiger partial charge in [0.1, 0.15) is 64.0 Å². The van der Waals surface area contributed by atoms with Crippen LogP contribution in [0.1, 0.15) is 65.4 Å². The maximum Gasteiger partial charge on any atom is 0.268 e. The van der Waals surface area contributed by atoms with E-state index >= 15 is 0 Å². The van der Waals surface area contributed by atoms with Crippen molar-refractivity contribution in [3.8, 4) is 56.3 Å². The van der Waals surface area contributed by atoms with Crippen molar-refractivity contribution in [1.82, 2.24) is 59.0 Å². The highest BCUT2D eigenvalue weighted by Gasteiger charge is 2.29. The Labute approximate surface area is 866 Å². The summed E-state index contributed by atoms with van der Waals surface area (Å²) in [5.74, 6) is 1.68. The molecule has 36 heteroatoms. The summed E-state index contributed by atoms with van der Waals surface area (Å²) in [6.07, 6.45) is 4.53. The molecule has 0 aliphatic rings. The van der Waals surface area contributed by atoms with Gasteiger partial charge in [0.25, 0.3) is 11.4 Å². The Bertz CT molecular complexity index is 8990. The summed E-state index contributed by atoms with van der Waals surface area (Å²) in [4.78, 5) is 123. The fourth-order valence-corrected chi connectivity index (χ4v) is 18.2. The molecule has 10 aromatic carbocycles. The van der Waals surface area contributed by atoms with Crippen LogP contribution in [0.25, 0.3) is 135 Å². The number of hydrogen-bond acceptors (Lipinski definition) is 22. The van der Waals surface area contributed by atoms with Crippen LogP contribution in [-0.2, 0) is 33.7 Å². The first kappa shape index (κ1) is 103. The van der Waals surface area contributed by atoms with Crippen molar-refractivity contribution in [1.29, 1.82) is 0 Å². The third-order valence-corrected chi connectivity index (χ3v) is 25.2. The number of aryl methyl sites for hydroxylation is 4. The number of benzene rings is 10. The molecule has 10 heterocycles. The average molecular weight is 2030 g/mol. The van der Waals surface area contributed by atoms with E-state index in [1.54, 1.807) is 98.3 Å². The van der Waals surface area contributed by atoms with Gasteiger partial charge >= 0.3 is 0 Å². The van der Waals surface area contributed by atoms with Crippen molar-refractivity contribution in [2.75, 3.05) is 55.3 Å². The smallest absolute Gasteiger partial charge is 0.268 e. The number of aromatic amines is 3. The van der Waals surface area contributed by atoms with Crippen molar-refractivity contribution >= 4 is 164 Å². The van der Waals surface area contributed by atoms with E-state index < -0.39 is 23.7 Å². The molecule has 0 saturated carbocycles. The number of para-hydroxylation sites is 5. The number of nitrogens with two attached hydrogens (primary N) is 5. The summed E-state index contributed by atoms with van der Waals surface area (Å²) in [6, 6.07) is 78.0. The Balaban J connectivity index is 0.000000133. The molecule has 32 nitrogen and oxygen atoms in total. The van der Waals surface area contributed by atoms with Gasteiger partial charge in [0.2, 0.25) is 17.1 Å². The summed E-state index contributed by atoms with van der Waals surface area (Å²) in [7, 11) is 3.64. The molecule has 150 heavy (non-hydrogen) atoms. The molecular formula is C114H91Cl2F2N27O5. The number of fused-ring (bicyclic) bond motifs is 5. The molecule has 20 rings (SSSR count). The summed E-state index contributed by atoms with van der Waals surface area (Å²) in [6.45, 7) is 44.4. The molecule has 0 amide bonds. The topological polar surface area (TPSA) is 445 Å². The fourth-order valence-electron chi connectivity index (χ4n) is 17.6. The summed E-state index contributed by atoms with van der Waals surface area (Å²) in [5.41, 5.74) is 42.6. The van der Waals surface area contributed by atoms with E-state index in [9.17, 15) is 32.8 Å². The largest absolute Gasteiger partial charge is 0.407 e. The molecule has 0 aliphatic heterocycles. The molecule has 2 atom stereocenters. The van der Waals surface area contributed by atoms with E-state index in [4.69, 9.17) is 84.7 Å². The minimum absolute atomic E-state index is 0.0752. The predicted octanol–water partition coefficient (Wildman–Crippen LogP) is 23.8. The predicted molar refractivity (Wildman–Crippen MR) is 595 cm³/mol. The molecule has 2 unspecified atom stereocenters. The number of halogens is 4. The number of nitrogens with one attached hydrogen (secondary N) is 8. The maximum absolute atomic E-state index is 14.7. The Morgan fingerprint density at radius 3 is 1.11 bits per heavy atom. The van der Waals surface area contributed by atoms with Gasteiger partial charge in [-0.05, 0) is 134 Å². The molecule has 740 valence electrons.